The quantitative estimate of drug-likeness (QED) is 0.763. The molecule has 0 radical (unpaired) electrons. The predicted octanol–water partition coefficient (Wildman–Crippen LogP) is 3.02. The maximum Gasteiger partial charge on any atom is 0.226 e. The maximum atomic E-state index is 13.9. The van der Waals surface area contributed by atoms with Crippen molar-refractivity contribution in [1.29, 1.82) is 5.26 Å². The second-order valence-corrected chi connectivity index (χ2v) is 10.5. The number of fused-ring (bicyclic) bond motifs is 2. The minimum Gasteiger partial charge on any atom is -0.338 e. The van der Waals surface area contributed by atoms with Gasteiger partial charge in [0.15, 0.2) is 0 Å². The molecule has 2 N–H and O–H groups in total. The van der Waals surface area contributed by atoms with Gasteiger partial charge in [0.05, 0.1) is 6.07 Å². The standard InChI is InChI=1S/C26H34N4O2/c27-17-26(9-10-26)29-23(31)15-19-5-1-3-7-21(19)24(32)30-16-20-6-2-4-8-22(20)25(18-30)11-13-28-14-12-25/h2,4,6,8,19,21,28H,1,3,5,7,9-16,18H2,(H,29,31)/t19-,21-/m1/s1. The van der Waals surface area contributed by atoms with Gasteiger partial charge in [-0.15, -0.1) is 0 Å². The molecule has 6 heteroatoms. The van der Waals surface area contributed by atoms with Crippen molar-refractivity contribution >= 4 is 11.8 Å². The molecule has 5 rings (SSSR count). The van der Waals surface area contributed by atoms with Gasteiger partial charge in [-0.1, -0.05) is 37.1 Å². The third kappa shape index (κ3) is 4.03. The molecule has 0 bridgehead atoms. The summed E-state index contributed by atoms with van der Waals surface area (Å²) in [5.41, 5.74) is 2.12. The molecule has 2 aliphatic heterocycles. The number of carbonyl (C=O) groups is 2. The van der Waals surface area contributed by atoms with Gasteiger partial charge < -0.3 is 15.5 Å². The molecule has 0 unspecified atom stereocenters. The van der Waals surface area contributed by atoms with E-state index in [1.54, 1.807) is 0 Å². The van der Waals surface area contributed by atoms with E-state index in [1.807, 2.05) is 0 Å². The van der Waals surface area contributed by atoms with Crippen molar-refractivity contribution in [3.05, 3.63) is 35.4 Å². The molecule has 2 atom stereocenters. The number of nitriles is 1. The SMILES string of the molecule is N#CC1(NC(=O)C[C@H]2CCCC[C@H]2C(=O)N2Cc3ccccc3C3(CCNCC3)C2)CC1. The van der Waals surface area contributed by atoms with E-state index in [9.17, 15) is 14.9 Å². The molecule has 0 aromatic heterocycles. The zero-order chi connectivity index (χ0) is 22.2. The highest BCUT2D eigenvalue weighted by atomic mass is 16.2. The number of nitrogens with zero attached hydrogens (tertiary/aromatic N) is 2. The average Bonchev–Trinajstić information content (AvgIpc) is 3.59. The van der Waals surface area contributed by atoms with Gasteiger partial charge >= 0.3 is 0 Å². The molecule has 2 heterocycles. The van der Waals surface area contributed by atoms with Crippen molar-refractivity contribution in [1.82, 2.24) is 15.5 Å². The Bertz CT molecular complexity index is 926. The molecule has 170 valence electrons. The minimum absolute atomic E-state index is 0.0441. The van der Waals surface area contributed by atoms with Crippen LogP contribution in [-0.4, -0.2) is 41.9 Å². The molecule has 1 aromatic carbocycles. The normalized spacial score (nSPS) is 27.8. The van der Waals surface area contributed by atoms with Crippen LogP contribution in [0.25, 0.3) is 0 Å². The summed E-state index contributed by atoms with van der Waals surface area (Å²) in [6.07, 6.45) is 7.87. The van der Waals surface area contributed by atoms with E-state index in [0.29, 0.717) is 13.0 Å². The molecule has 2 amide bonds. The number of rotatable bonds is 4. The zero-order valence-electron chi connectivity index (χ0n) is 18.9. The van der Waals surface area contributed by atoms with Crippen LogP contribution in [0.4, 0.5) is 0 Å². The van der Waals surface area contributed by atoms with Gasteiger partial charge in [0.25, 0.3) is 0 Å². The Labute approximate surface area is 190 Å². The van der Waals surface area contributed by atoms with Crippen LogP contribution >= 0.6 is 0 Å². The summed E-state index contributed by atoms with van der Waals surface area (Å²) >= 11 is 0. The van der Waals surface area contributed by atoms with E-state index in [1.165, 1.54) is 11.1 Å². The third-order valence-corrected chi connectivity index (χ3v) is 8.33. The first kappa shape index (κ1) is 21.5. The van der Waals surface area contributed by atoms with Gasteiger partial charge in [-0.3, -0.25) is 9.59 Å². The lowest BCUT2D eigenvalue weighted by Gasteiger charge is -2.48. The molecule has 32 heavy (non-hydrogen) atoms. The average molecular weight is 435 g/mol. The largest absolute Gasteiger partial charge is 0.338 e. The van der Waals surface area contributed by atoms with Gasteiger partial charge in [0.2, 0.25) is 11.8 Å². The summed E-state index contributed by atoms with van der Waals surface area (Å²) in [5, 5.41) is 15.7. The van der Waals surface area contributed by atoms with Crippen molar-refractivity contribution in [3.8, 4) is 6.07 Å². The van der Waals surface area contributed by atoms with E-state index in [4.69, 9.17) is 0 Å². The van der Waals surface area contributed by atoms with Crippen molar-refractivity contribution < 1.29 is 9.59 Å². The van der Waals surface area contributed by atoms with Crippen LogP contribution in [0.1, 0.15) is 68.9 Å². The summed E-state index contributed by atoms with van der Waals surface area (Å²) in [6.45, 7) is 3.45. The van der Waals surface area contributed by atoms with Gasteiger partial charge in [0, 0.05) is 30.8 Å². The Kier molecular flexibility index (Phi) is 5.71. The molecule has 2 saturated carbocycles. The first-order valence-corrected chi connectivity index (χ1v) is 12.3. The smallest absolute Gasteiger partial charge is 0.226 e. The number of benzene rings is 1. The Hall–Kier alpha value is -2.39. The third-order valence-electron chi connectivity index (χ3n) is 8.33. The van der Waals surface area contributed by atoms with Crippen molar-refractivity contribution in [2.75, 3.05) is 19.6 Å². The number of hydrogen-bond donors (Lipinski definition) is 2. The lowest BCUT2D eigenvalue weighted by atomic mass is 9.68. The van der Waals surface area contributed by atoms with Gasteiger partial charge in [-0.05, 0) is 68.7 Å². The van der Waals surface area contributed by atoms with Crippen LogP contribution < -0.4 is 10.6 Å². The van der Waals surface area contributed by atoms with Crippen LogP contribution in [0.15, 0.2) is 24.3 Å². The van der Waals surface area contributed by atoms with Gasteiger partial charge in [0.1, 0.15) is 5.54 Å². The Morgan fingerprint density at radius 1 is 1.12 bits per heavy atom. The lowest BCUT2D eigenvalue weighted by molar-refractivity contribution is -0.141. The first-order chi connectivity index (χ1) is 15.5. The molecule has 1 saturated heterocycles. The molecule has 1 aromatic rings. The number of piperidine rings is 1. The van der Waals surface area contributed by atoms with Crippen LogP contribution in [0.5, 0.6) is 0 Å². The highest BCUT2D eigenvalue weighted by molar-refractivity contribution is 5.82. The molecule has 3 fully saturated rings. The lowest BCUT2D eigenvalue weighted by Crippen LogP contribution is -2.54. The molecule has 4 aliphatic rings. The van der Waals surface area contributed by atoms with Gasteiger partial charge in [-0.25, -0.2) is 0 Å². The second-order valence-electron chi connectivity index (χ2n) is 10.5. The minimum atomic E-state index is -0.636. The summed E-state index contributed by atoms with van der Waals surface area (Å²) in [5.74, 6) is 0.159. The summed E-state index contributed by atoms with van der Waals surface area (Å²) < 4.78 is 0. The Morgan fingerprint density at radius 3 is 2.62 bits per heavy atom. The topological polar surface area (TPSA) is 85.2 Å². The fourth-order valence-electron chi connectivity index (χ4n) is 6.33. The van der Waals surface area contributed by atoms with Crippen LogP contribution in [0, 0.1) is 23.2 Å². The van der Waals surface area contributed by atoms with Crippen LogP contribution in [-0.2, 0) is 21.5 Å². The van der Waals surface area contributed by atoms with E-state index in [2.05, 4.69) is 45.9 Å². The van der Waals surface area contributed by atoms with Crippen molar-refractivity contribution in [3.63, 3.8) is 0 Å². The molecule has 1 spiro atoms. The zero-order valence-corrected chi connectivity index (χ0v) is 18.9. The molecular weight excluding hydrogens is 400 g/mol. The second kappa shape index (κ2) is 8.51. The highest BCUT2D eigenvalue weighted by Crippen LogP contribution is 2.42. The number of carbonyl (C=O) groups excluding carboxylic acids is 2. The Balaban J connectivity index is 1.33. The monoisotopic (exact) mass is 434 g/mol. The summed E-state index contributed by atoms with van der Waals surface area (Å²) in [6, 6.07) is 10.9. The highest BCUT2D eigenvalue weighted by Gasteiger charge is 2.46. The van der Waals surface area contributed by atoms with E-state index in [-0.39, 0.29) is 29.1 Å². The van der Waals surface area contributed by atoms with Crippen LogP contribution in [0.3, 0.4) is 0 Å². The summed E-state index contributed by atoms with van der Waals surface area (Å²) in [7, 11) is 0. The fourth-order valence-corrected chi connectivity index (χ4v) is 6.33. The number of amides is 2. The van der Waals surface area contributed by atoms with E-state index < -0.39 is 5.54 Å². The number of nitrogens with one attached hydrogen (secondary N) is 2. The molecule has 2 aliphatic carbocycles. The Morgan fingerprint density at radius 2 is 1.88 bits per heavy atom. The fraction of sp³-hybridized carbons (Fsp3) is 0.654. The van der Waals surface area contributed by atoms with Crippen molar-refractivity contribution in [2.45, 2.75) is 75.3 Å². The van der Waals surface area contributed by atoms with Gasteiger partial charge in [-0.2, -0.15) is 5.26 Å². The maximum absolute atomic E-state index is 13.9. The molecular formula is C26H34N4O2. The molecule has 6 nitrogen and oxygen atoms in total. The van der Waals surface area contributed by atoms with E-state index in [0.717, 1.165) is 71.0 Å². The van der Waals surface area contributed by atoms with Crippen molar-refractivity contribution in [2.24, 2.45) is 11.8 Å². The predicted molar refractivity (Wildman–Crippen MR) is 121 cm³/mol. The first-order valence-electron chi connectivity index (χ1n) is 12.3. The number of hydrogen-bond acceptors (Lipinski definition) is 4. The van der Waals surface area contributed by atoms with E-state index >= 15 is 0 Å². The summed E-state index contributed by atoms with van der Waals surface area (Å²) in [4.78, 5) is 28.6. The van der Waals surface area contributed by atoms with Crippen LogP contribution in [0.2, 0.25) is 0 Å².